The molecule has 22 heavy (non-hydrogen) atoms. The highest BCUT2D eigenvalue weighted by molar-refractivity contribution is 6.05. The quantitative estimate of drug-likeness (QED) is 0.532. The maximum atomic E-state index is 12.0. The molecule has 0 aromatic rings. The van der Waals surface area contributed by atoms with Crippen molar-refractivity contribution in [3.63, 3.8) is 0 Å². The lowest BCUT2D eigenvalue weighted by Gasteiger charge is -2.54. The highest BCUT2D eigenvalue weighted by Crippen LogP contribution is 2.62. The van der Waals surface area contributed by atoms with Crippen LogP contribution in [0.15, 0.2) is 24.0 Å². The van der Waals surface area contributed by atoms with Crippen LogP contribution in [0.25, 0.3) is 0 Å². The first-order valence-corrected chi connectivity index (χ1v) is 8.81. The van der Waals surface area contributed by atoms with Gasteiger partial charge in [-0.05, 0) is 79.6 Å². The molecule has 120 valence electrons. The van der Waals surface area contributed by atoms with Crippen molar-refractivity contribution in [2.75, 3.05) is 0 Å². The Hall–Kier alpha value is -1.09. The Morgan fingerprint density at radius 1 is 1.18 bits per heavy atom. The summed E-state index contributed by atoms with van der Waals surface area (Å²) in [5.41, 5.74) is 0.725. The zero-order chi connectivity index (χ0) is 15.5. The van der Waals surface area contributed by atoms with Crippen LogP contribution < -0.4 is 0 Å². The minimum atomic E-state index is -0.132. The van der Waals surface area contributed by atoms with Crippen molar-refractivity contribution in [2.45, 2.75) is 51.6 Å². The van der Waals surface area contributed by atoms with E-state index in [1.54, 1.807) is 6.08 Å². The van der Waals surface area contributed by atoms with Crippen molar-refractivity contribution in [3.05, 3.63) is 24.0 Å². The Labute approximate surface area is 132 Å². The molecule has 0 aromatic carbocycles. The molecule has 4 aliphatic carbocycles. The van der Waals surface area contributed by atoms with Crippen molar-refractivity contribution < 1.29 is 15.0 Å². The molecule has 0 spiro atoms. The molecule has 4 aliphatic rings. The van der Waals surface area contributed by atoms with Crippen molar-refractivity contribution >= 4 is 5.78 Å². The van der Waals surface area contributed by atoms with Crippen LogP contribution >= 0.6 is 0 Å². The number of carbonyl (C=O) groups excluding carboxylic acids is 1. The fourth-order valence-corrected chi connectivity index (χ4v) is 6.32. The summed E-state index contributed by atoms with van der Waals surface area (Å²) in [6.45, 7) is 2.29. The summed E-state index contributed by atoms with van der Waals surface area (Å²) < 4.78 is 0. The van der Waals surface area contributed by atoms with Crippen LogP contribution in [0, 0.1) is 35.0 Å². The number of hydrogen-bond donors (Lipinski definition) is 2. The largest absolute Gasteiger partial charge is 0.515 e. The van der Waals surface area contributed by atoms with E-state index in [1.165, 1.54) is 0 Å². The van der Waals surface area contributed by atoms with Gasteiger partial charge in [-0.25, -0.2) is 0 Å². The van der Waals surface area contributed by atoms with Gasteiger partial charge in [-0.1, -0.05) is 13.0 Å². The van der Waals surface area contributed by atoms with E-state index in [0.29, 0.717) is 29.2 Å². The molecule has 3 saturated carbocycles. The van der Waals surface area contributed by atoms with E-state index in [-0.39, 0.29) is 23.2 Å². The molecule has 0 bridgehead atoms. The van der Waals surface area contributed by atoms with E-state index in [9.17, 15) is 15.0 Å². The first kappa shape index (κ1) is 14.5. The lowest BCUT2D eigenvalue weighted by atomic mass is 9.51. The molecule has 3 heteroatoms. The molecule has 4 rings (SSSR count). The summed E-state index contributed by atoms with van der Waals surface area (Å²) in [6.07, 6.45) is 11.2. The Morgan fingerprint density at radius 3 is 2.77 bits per heavy atom. The zero-order valence-electron chi connectivity index (χ0n) is 13.2. The van der Waals surface area contributed by atoms with Gasteiger partial charge in [0.1, 0.15) is 0 Å². The van der Waals surface area contributed by atoms with E-state index in [4.69, 9.17) is 0 Å². The summed E-state index contributed by atoms with van der Waals surface area (Å²) in [5, 5.41) is 19.9. The first-order valence-electron chi connectivity index (χ1n) is 8.81. The second-order valence-corrected chi connectivity index (χ2v) is 8.14. The maximum absolute atomic E-state index is 12.0. The standard InChI is InChI=1S/C19H26O3/c1-19-9-8-13-11-4-6-17(21)15(10-20)12(11)2-3-14(13)16(19)5-7-18(19)22/h4,6,10-14,16,18,20,22H,2-3,5,7-9H2,1H3/b15-10-/t11-,12+,13+,14+,16-,18-,19-/m0/s1. The minimum absolute atomic E-state index is 0.0147. The van der Waals surface area contributed by atoms with Crippen LogP contribution in [0.2, 0.25) is 0 Å². The van der Waals surface area contributed by atoms with Crippen LogP contribution in [0.1, 0.15) is 45.4 Å². The highest BCUT2D eigenvalue weighted by atomic mass is 16.3. The molecule has 0 saturated heterocycles. The highest BCUT2D eigenvalue weighted by Gasteiger charge is 2.56. The Kier molecular flexibility index (Phi) is 3.26. The number of rotatable bonds is 0. The van der Waals surface area contributed by atoms with Gasteiger partial charge < -0.3 is 10.2 Å². The van der Waals surface area contributed by atoms with Crippen LogP contribution in [0.4, 0.5) is 0 Å². The molecule has 0 amide bonds. The van der Waals surface area contributed by atoms with Gasteiger partial charge >= 0.3 is 0 Å². The van der Waals surface area contributed by atoms with Crippen LogP contribution in [-0.4, -0.2) is 22.1 Å². The van der Waals surface area contributed by atoms with E-state index < -0.39 is 0 Å². The van der Waals surface area contributed by atoms with Crippen LogP contribution in [0.5, 0.6) is 0 Å². The molecule has 3 fully saturated rings. The number of fused-ring (bicyclic) bond motifs is 5. The van der Waals surface area contributed by atoms with Crippen LogP contribution in [-0.2, 0) is 4.79 Å². The summed E-state index contributed by atoms with van der Waals surface area (Å²) in [5.74, 6) is 2.52. The van der Waals surface area contributed by atoms with Crippen molar-refractivity contribution in [1.82, 2.24) is 0 Å². The second-order valence-electron chi connectivity index (χ2n) is 8.14. The number of hydrogen-bond acceptors (Lipinski definition) is 3. The molecule has 0 aliphatic heterocycles. The molecule has 0 radical (unpaired) electrons. The number of carbonyl (C=O) groups is 1. The monoisotopic (exact) mass is 302 g/mol. The Bertz CT molecular complexity index is 549. The van der Waals surface area contributed by atoms with Gasteiger partial charge in [0, 0.05) is 5.57 Å². The van der Waals surface area contributed by atoms with E-state index >= 15 is 0 Å². The van der Waals surface area contributed by atoms with Gasteiger partial charge in [-0.3, -0.25) is 4.79 Å². The van der Waals surface area contributed by atoms with Gasteiger partial charge in [0.05, 0.1) is 12.4 Å². The SMILES string of the molecule is C[C@]12CC[C@@H]3[C@H]4C=CC(=O)/C(=C\O)[C@@H]4CC[C@H]3[C@@H]1CC[C@@H]2O. The smallest absolute Gasteiger partial charge is 0.184 e. The van der Waals surface area contributed by atoms with Crippen molar-refractivity contribution in [1.29, 1.82) is 0 Å². The molecule has 0 aromatic heterocycles. The van der Waals surface area contributed by atoms with Crippen molar-refractivity contribution in [3.8, 4) is 0 Å². The molecule has 0 unspecified atom stereocenters. The van der Waals surface area contributed by atoms with Gasteiger partial charge in [-0.15, -0.1) is 0 Å². The van der Waals surface area contributed by atoms with Crippen molar-refractivity contribution in [2.24, 2.45) is 35.0 Å². The average Bonchev–Trinajstić information content (AvgIpc) is 2.82. The lowest BCUT2D eigenvalue weighted by Crippen LogP contribution is -2.49. The number of allylic oxidation sites excluding steroid dienone is 3. The normalized spacial score (nSPS) is 52.3. The average molecular weight is 302 g/mol. The second kappa shape index (κ2) is 4.95. The molecule has 3 nitrogen and oxygen atoms in total. The molecule has 0 heterocycles. The van der Waals surface area contributed by atoms with Gasteiger partial charge in [0.25, 0.3) is 0 Å². The van der Waals surface area contributed by atoms with Gasteiger partial charge in [0.2, 0.25) is 0 Å². The third-order valence-corrected chi connectivity index (χ3v) is 7.51. The third-order valence-electron chi connectivity index (χ3n) is 7.51. The first-order chi connectivity index (χ1) is 10.6. The Morgan fingerprint density at radius 2 is 2.00 bits per heavy atom. The number of ketones is 1. The summed E-state index contributed by atoms with van der Waals surface area (Å²) in [7, 11) is 0. The predicted octanol–water partition coefficient (Wildman–Crippen LogP) is 3.40. The third kappa shape index (κ3) is 1.81. The predicted molar refractivity (Wildman–Crippen MR) is 84.1 cm³/mol. The zero-order valence-corrected chi connectivity index (χ0v) is 13.2. The minimum Gasteiger partial charge on any atom is -0.515 e. The van der Waals surface area contributed by atoms with Gasteiger partial charge in [0.15, 0.2) is 5.78 Å². The molecular formula is C19H26O3. The number of aliphatic hydroxyl groups excluding tert-OH is 2. The van der Waals surface area contributed by atoms with E-state index in [0.717, 1.165) is 44.8 Å². The number of aliphatic hydroxyl groups is 2. The molecule has 2 N–H and O–H groups in total. The summed E-state index contributed by atoms with van der Waals surface area (Å²) >= 11 is 0. The van der Waals surface area contributed by atoms with Crippen LogP contribution in [0.3, 0.4) is 0 Å². The fourth-order valence-electron chi connectivity index (χ4n) is 6.32. The molecular weight excluding hydrogens is 276 g/mol. The summed E-state index contributed by atoms with van der Waals surface area (Å²) in [6, 6.07) is 0. The topological polar surface area (TPSA) is 57.5 Å². The Balaban J connectivity index is 1.65. The molecule has 7 atom stereocenters. The maximum Gasteiger partial charge on any atom is 0.184 e. The fraction of sp³-hybridized carbons (Fsp3) is 0.737. The van der Waals surface area contributed by atoms with Gasteiger partial charge in [-0.2, -0.15) is 0 Å². The summed E-state index contributed by atoms with van der Waals surface area (Å²) in [4.78, 5) is 12.0. The van der Waals surface area contributed by atoms with E-state index in [1.807, 2.05) is 0 Å². The lowest BCUT2D eigenvalue weighted by molar-refractivity contribution is -0.113. The van der Waals surface area contributed by atoms with E-state index in [2.05, 4.69) is 13.0 Å².